The first-order chi connectivity index (χ1) is 20.9. The molecular weight excluding hydrogens is 624 g/mol. The average molecular weight is 664 g/mol. The number of allylic oxidation sites excluding steroid dienone is 2. The van der Waals surface area contributed by atoms with Gasteiger partial charge in [0.2, 0.25) is 0 Å². The Bertz CT molecular complexity index is 2210. The first-order valence-electron chi connectivity index (χ1n) is 16.0. The van der Waals surface area contributed by atoms with Crippen molar-refractivity contribution in [1.82, 2.24) is 0 Å². The average Bonchev–Trinajstić information content (AvgIpc) is 3.67. The van der Waals surface area contributed by atoms with E-state index in [2.05, 4.69) is 171 Å². The van der Waals surface area contributed by atoms with E-state index in [-0.39, 0.29) is 0 Å². The monoisotopic (exact) mass is 662 g/mol. The maximum atomic E-state index is 2.72. The van der Waals surface area contributed by atoms with Crippen LogP contribution >= 0.6 is 0 Å². The van der Waals surface area contributed by atoms with Crippen LogP contribution in [0.5, 0.6) is 0 Å². The van der Waals surface area contributed by atoms with Crippen molar-refractivity contribution in [1.29, 1.82) is 0 Å². The van der Waals surface area contributed by atoms with Crippen LogP contribution in [0.3, 0.4) is 0 Å². The fourth-order valence-electron chi connectivity index (χ4n) is 8.92. The SMILES string of the molecule is [CH3][Zr]([CH3])([CH3])([CH3])(=[SiH2])([CH]1C=Cc2c(-c3cccc4ccccc34)cccc21)[CH]1C=Cc2c(-c3cccc4ccccc34)cccc21. The third-order valence-electron chi connectivity index (χ3n) is 11.3. The molecule has 2 heteroatoms. The Kier molecular flexibility index (Phi) is 5.31. The van der Waals surface area contributed by atoms with Crippen LogP contribution < -0.4 is 0 Å². The Hall–Kier alpha value is -3.58. The maximum absolute atomic E-state index is 4.71. The Balaban J connectivity index is 1.30. The van der Waals surface area contributed by atoms with Gasteiger partial charge in [0.05, 0.1) is 0 Å². The molecule has 0 fully saturated rings. The second-order valence-corrected chi connectivity index (χ2v) is 78.1. The van der Waals surface area contributed by atoms with E-state index in [0.717, 1.165) is 0 Å². The molecule has 6 aromatic carbocycles. The normalized spacial score (nSPS) is 19.7. The van der Waals surface area contributed by atoms with E-state index >= 15 is 0 Å². The van der Waals surface area contributed by atoms with Gasteiger partial charge >= 0.3 is 259 Å². The second kappa shape index (κ2) is 8.36. The zero-order chi connectivity index (χ0) is 30.4. The topological polar surface area (TPSA) is 0 Å². The Morgan fingerprint density at radius 2 is 0.795 bits per heavy atom. The predicted molar refractivity (Wildman–Crippen MR) is 194 cm³/mol. The van der Waals surface area contributed by atoms with E-state index in [1.807, 2.05) is 0 Å². The van der Waals surface area contributed by atoms with Crippen molar-refractivity contribution in [3.63, 3.8) is 0 Å². The van der Waals surface area contributed by atoms with Gasteiger partial charge in [-0.05, 0) is 0 Å². The van der Waals surface area contributed by atoms with E-state index in [1.54, 1.807) is 0 Å². The van der Waals surface area contributed by atoms with Gasteiger partial charge in [0.25, 0.3) is 0 Å². The van der Waals surface area contributed by atoms with E-state index in [4.69, 9.17) is 0 Å². The minimum absolute atomic E-state index is 0.372. The van der Waals surface area contributed by atoms with Gasteiger partial charge in [0.1, 0.15) is 0 Å². The molecule has 0 saturated heterocycles. The van der Waals surface area contributed by atoms with Gasteiger partial charge < -0.3 is 0 Å². The van der Waals surface area contributed by atoms with Crippen molar-refractivity contribution in [2.75, 3.05) is 0 Å². The molecule has 0 radical (unpaired) electrons. The zero-order valence-electron chi connectivity index (χ0n) is 26.2. The molecule has 2 atom stereocenters. The van der Waals surface area contributed by atoms with Gasteiger partial charge in [-0.25, -0.2) is 0 Å². The molecule has 2 aliphatic rings. The molecule has 0 aromatic heterocycles. The first kappa shape index (κ1) is 27.9. The van der Waals surface area contributed by atoms with E-state index in [0.29, 0.717) is 7.25 Å². The Labute approximate surface area is 257 Å². The molecule has 6 aromatic rings. The summed E-state index contributed by atoms with van der Waals surface area (Å²) in [7, 11) is 0. The van der Waals surface area contributed by atoms with Crippen LogP contribution in [0.4, 0.5) is 0 Å². The van der Waals surface area contributed by atoms with Crippen molar-refractivity contribution in [2.45, 2.75) is 25.8 Å². The van der Waals surface area contributed by atoms with Gasteiger partial charge in [-0.15, -0.1) is 0 Å². The summed E-state index contributed by atoms with van der Waals surface area (Å²) in [5, 5.41) is 5.23. The van der Waals surface area contributed by atoms with Crippen LogP contribution in [0, 0.1) is 0 Å². The van der Waals surface area contributed by atoms with Gasteiger partial charge in [0.15, 0.2) is 0 Å². The third-order valence-corrected chi connectivity index (χ3v) is 35.1. The molecule has 8 rings (SSSR count). The Morgan fingerprint density at radius 3 is 1.25 bits per heavy atom. The van der Waals surface area contributed by atoms with Crippen LogP contribution in [0.15, 0.2) is 133 Å². The van der Waals surface area contributed by atoms with E-state index in [1.165, 1.54) is 66.1 Å². The summed E-state index contributed by atoms with van der Waals surface area (Å²) in [6.07, 6.45) is 10.1. The second-order valence-electron chi connectivity index (χ2n) is 17.6. The van der Waals surface area contributed by atoms with Crippen LogP contribution in [0.1, 0.15) is 29.5 Å². The van der Waals surface area contributed by atoms with Crippen LogP contribution in [0.2, 0.25) is 18.5 Å². The number of hydrogen-bond donors (Lipinski definition) is 0. The minimum atomic E-state index is -4.71. The molecule has 0 nitrogen and oxygen atoms in total. The summed E-state index contributed by atoms with van der Waals surface area (Å²) in [6.45, 7) is 2.40. The molecule has 0 heterocycles. The van der Waals surface area contributed by atoms with Gasteiger partial charge in [-0.3, -0.25) is 0 Å². The van der Waals surface area contributed by atoms with Crippen LogP contribution in [0.25, 0.3) is 56.0 Å². The van der Waals surface area contributed by atoms with E-state index < -0.39 is 14.4 Å². The molecule has 44 heavy (non-hydrogen) atoms. The summed E-state index contributed by atoms with van der Waals surface area (Å²) in [6, 6.07) is 45.1. The molecule has 2 aliphatic carbocycles. The number of rotatable bonds is 4. The number of fused-ring (bicyclic) bond motifs is 4. The van der Waals surface area contributed by atoms with Gasteiger partial charge in [-0.1, -0.05) is 0 Å². The van der Waals surface area contributed by atoms with Crippen molar-refractivity contribution < 1.29 is 14.4 Å². The summed E-state index contributed by atoms with van der Waals surface area (Å²) in [5.41, 5.74) is 11.1. The molecule has 0 N–H and O–H groups in total. The van der Waals surface area contributed by atoms with Crippen LogP contribution in [-0.4, -0.2) is 6.88 Å². The first-order valence-corrected chi connectivity index (χ1v) is 34.6. The standard InChI is InChI=1S/2C19H13.4CH3.H2Si.Zr/c2*1-2-10-16-14(6-1)8-4-12-18(16)19-13-5-9-15-7-3-11-17(15)19;;;;;;/h2*1-13H;4*1H3;1H2;. The molecule has 2 unspecified atom stereocenters. The molecule has 0 amide bonds. The molecular formula is C42H40SiZr. The molecule has 0 aliphatic heterocycles. The van der Waals surface area contributed by atoms with E-state index in [9.17, 15) is 0 Å². The van der Waals surface area contributed by atoms with Crippen molar-refractivity contribution >= 4 is 40.6 Å². The molecule has 216 valence electrons. The fourth-order valence-corrected chi connectivity index (χ4v) is 28.9. The third kappa shape index (κ3) is 3.97. The van der Waals surface area contributed by atoms with Gasteiger partial charge in [-0.2, -0.15) is 0 Å². The fraction of sp³-hybridized carbons (Fsp3) is 0.143. The number of hydrogen-bond acceptors (Lipinski definition) is 0. The summed E-state index contributed by atoms with van der Waals surface area (Å²) in [5.74, 6) is 0. The molecule has 0 bridgehead atoms. The summed E-state index contributed by atoms with van der Waals surface area (Å²) in [4.78, 5) is 0. The predicted octanol–water partition coefficient (Wildman–Crippen LogP) is 11.7. The summed E-state index contributed by atoms with van der Waals surface area (Å²) < 4.78 is 11.6. The quantitative estimate of drug-likeness (QED) is 0.165. The van der Waals surface area contributed by atoms with Crippen molar-refractivity contribution in [3.8, 4) is 22.3 Å². The van der Waals surface area contributed by atoms with Crippen LogP contribution in [-0.2, 0) is 14.4 Å². The van der Waals surface area contributed by atoms with Gasteiger partial charge in [0, 0.05) is 0 Å². The summed E-state index contributed by atoms with van der Waals surface area (Å²) >= 11 is -4.71. The Morgan fingerprint density at radius 1 is 0.432 bits per heavy atom. The molecule has 0 spiro atoms. The molecule has 0 saturated carbocycles. The van der Waals surface area contributed by atoms with Crippen molar-refractivity contribution in [3.05, 3.63) is 156 Å². The number of benzene rings is 6. The van der Waals surface area contributed by atoms with Crippen molar-refractivity contribution in [2.24, 2.45) is 0 Å². The zero-order valence-corrected chi connectivity index (χ0v) is 30.1.